The number of benzene rings is 1. The Balaban J connectivity index is 2.80. The number of amides is 2. The van der Waals surface area contributed by atoms with Crippen LogP contribution < -0.4 is 5.84 Å². The number of carbonyl (C=O) groups is 2. The van der Waals surface area contributed by atoms with Crippen molar-refractivity contribution in [3.8, 4) is 0 Å². The fourth-order valence-electron chi connectivity index (χ4n) is 1.19. The molecule has 7 nitrogen and oxygen atoms in total. The van der Waals surface area contributed by atoms with E-state index in [-0.39, 0.29) is 6.54 Å². The quantitative estimate of drug-likeness (QED) is 0.414. The van der Waals surface area contributed by atoms with Crippen LogP contribution in [0.25, 0.3) is 0 Å². The van der Waals surface area contributed by atoms with Crippen molar-refractivity contribution in [1.82, 2.24) is 4.90 Å². The number of imide groups is 1. The second-order valence-corrected chi connectivity index (χ2v) is 3.17. The van der Waals surface area contributed by atoms with Gasteiger partial charge >= 0.3 is 12.2 Å². The molecule has 0 aliphatic heterocycles. The van der Waals surface area contributed by atoms with Crippen molar-refractivity contribution in [3.05, 3.63) is 35.4 Å². The largest absolute Gasteiger partial charge is 0.465 e. The number of hydrogen-bond acceptors (Lipinski definition) is 4. The maximum atomic E-state index is 10.6. The summed E-state index contributed by atoms with van der Waals surface area (Å²) in [6, 6.07) is 6.53. The van der Waals surface area contributed by atoms with Gasteiger partial charge in [0.2, 0.25) is 0 Å². The molecule has 1 rings (SSSR count). The molecule has 0 fully saturated rings. The number of hydrazone groups is 1. The molecule has 2 amide bonds. The van der Waals surface area contributed by atoms with Gasteiger partial charge in [0.05, 0.1) is 12.8 Å². The van der Waals surface area contributed by atoms with Gasteiger partial charge in [0.25, 0.3) is 0 Å². The predicted octanol–water partition coefficient (Wildman–Crippen LogP) is 1.14. The van der Waals surface area contributed by atoms with E-state index in [1.807, 2.05) is 0 Å². The third-order valence-corrected chi connectivity index (χ3v) is 2.01. The average Bonchev–Trinajstić information content (AvgIpc) is 2.27. The minimum absolute atomic E-state index is 0.218. The summed E-state index contributed by atoms with van der Waals surface area (Å²) in [6.45, 7) is -0.218. The van der Waals surface area contributed by atoms with Crippen molar-refractivity contribution in [3.63, 3.8) is 0 Å². The van der Waals surface area contributed by atoms with Crippen molar-refractivity contribution >= 4 is 18.4 Å². The summed E-state index contributed by atoms with van der Waals surface area (Å²) in [5, 5.41) is 20.6. The minimum atomic E-state index is -1.51. The molecule has 0 saturated heterocycles. The SMILES string of the molecule is NN=Cc1ccc(CN(C(=O)O)C(=O)O)cc1. The predicted molar refractivity (Wildman–Crippen MR) is 59.8 cm³/mol. The first-order valence-corrected chi connectivity index (χ1v) is 4.60. The maximum Gasteiger partial charge on any atom is 0.417 e. The molecule has 1 aromatic carbocycles. The second-order valence-electron chi connectivity index (χ2n) is 3.17. The van der Waals surface area contributed by atoms with Gasteiger partial charge in [-0.2, -0.15) is 5.10 Å². The van der Waals surface area contributed by atoms with Crippen molar-refractivity contribution in [1.29, 1.82) is 0 Å². The molecule has 0 aromatic heterocycles. The lowest BCUT2D eigenvalue weighted by molar-refractivity contribution is 0.120. The molecule has 0 unspecified atom stereocenters. The molecule has 90 valence electrons. The highest BCUT2D eigenvalue weighted by molar-refractivity contribution is 5.85. The van der Waals surface area contributed by atoms with Crippen LogP contribution in [0.3, 0.4) is 0 Å². The van der Waals surface area contributed by atoms with Crippen LogP contribution in [0.2, 0.25) is 0 Å². The monoisotopic (exact) mass is 237 g/mol. The van der Waals surface area contributed by atoms with E-state index in [4.69, 9.17) is 16.1 Å². The van der Waals surface area contributed by atoms with Crippen molar-refractivity contribution < 1.29 is 19.8 Å². The zero-order valence-corrected chi connectivity index (χ0v) is 8.78. The lowest BCUT2D eigenvalue weighted by Crippen LogP contribution is -2.33. The maximum absolute atomic E-state index is 10.6. The van der Waals surface area contributed by atoms with E-state index in [0.29, 0.717) is 10.5 Å². The highest BCUT2D eigenvalue weighted by Crippen LogP contribution is 2.07. The third kappa shape index (κ3) is 3.49. The van der Waals surface area contributed by atoms with Crippen LogP contribution in [-0.4, -0.2) is 33.5 Å². The summed E-state index contributed by atoms with van der Waals surface area (Å²) in [5.41, 5.74) is 1.30. The summed E-state index contributed by atoms with van der Waals surface area (Å²) >= 11 is 0. The molecule has 4 N–H and O–H groups in total. The Morgan fingerprint density at radius 3 is 2.18 bits per heavy atom. The molecule has 0 heterocycles. The van der Waals surface area contributed by atoms with E-state index in [1.54, 1.807) is 24.3 Å². The molecule has 0 radical (unpaired) electrons. The van der Waals surface area contributed by atoms with Crippen LogP contribution in [0, 0.1) is 0 Å². The van der Waals surface area contributed by atoms with Crippen LogP contribution in [0.5, 0.6) is 0 Å². The topological polar surface area (TPSA) is 116 Å². The second kappa shape index (κ2) is 5.50. The van der Waals surface area contributed by atoms with Crippen LogP contribution in [0.15, 0.2) is 29.4 Å². The molecular formula is C10H11N3O4. The van der Waals surface area contributed by atoms with Gasteiger partial charge in [0.1, 0.15) is 0 Å². The van der Waals surface area contributed by atoms with Crippen molar-refractivity contribution in [2.24, 2.45) is 10.9 Å². The summed E-state index contributed by atoms with van der Waals surface area (Å²) < 4.78 is 0. The first kappa shape index (κ1) is 12.5. The van der Waals surface area contributed by atoms with Crippen LogP contribution in [0.4, 0.5) is 9.59 Å². The molecule has 0 atom stereocenters. The van der Waals surface area contributed by atoms with Gasteiger partial charge in [0.15, 0.2) is 0 Å². The van der Waals surface area contributed by atoms with E-state index in [2.05, 4.69) is 5.10 Å². The summed E-state index contributed by atoms with van der Waals surface area (Å²) in [5.74, 6) is 4.96. The zero-order valence-electron chi connectivity index (χ0n) is 8.78. The van der Waals surface area contributed by atoms with E-state index in [9.17, 15) is 9.59 Å². The Morgan fingerprint density at radius 2 is 1.76 bits per heavy atom. The number of nitrogens with two attached hydrogens (primary N) is 1. The molecule has 17 heavy (non-hydrogen) atoms. The van der Waals surface area contributed by atoms with E-state index >= 15 is 0 Å². The molecule has 0 saturated carbocycles. The van der Waals surface area contributed by atoms with E-state index < -0.39 is 12.2 Å². The van der Waals surface area contributed by atoms with Gasteiger partial charge in [0, 0.05) is 0 Å². The number of nitrogens with zero attached hydrogens (tertiary/aromatic N) is 2. The first-order valence-electron chi connectivity index (χ1n) is 4.60. The Kier molecular flexibility index (Phi) is 4.04. The summed E-state index contributed by atoms with van der Waals surface area (Å²) in [4.78, 5) is 21.5. The molecule has 1 aromatic rings. The summed E-state index contributed by atoms with van der Waals surface area (Å²) in [7, 11) is 0. The average molecular weight is 237 g/mol. The first-order chi connectivity index (χ1) is 8.04. The van der Waals surface area contributed by atoms with Gasteiger partial charge in [-0.1, -0.05) is 24.3 Å². The number of hydrogen-bond donors (Lipinski definition) is 3. The van der Waals surface area contributed by atoms with Crippen molar-refractivity contribution in [2.45, 2.75) is 6.54 Å². The fraction of sp³-hybridized carbons (Fsp3) is 0.100. The molecule has 0 aliphatic rings. The van der Waals surface area contributed by atoms with Gasteiger partial charge in [-0.05, 0) is 11.1 Å². The lowest BCUT2D eigenvalue weighted by Gasteiger charge is -2.13. The molecule has 0 aliphatic carbocycles. The standard InChI is InChI=1S/C10H11N3O4/c11-12-5-7-1-3-8(4-2-7)6-13(9(14)15)10(16)17/h1-5H,6,11H2,(H,14,15)(H,16,17). The highest BCUT2D eigenvalue weighted by Gasteiger charge is 2.19. The minimum Gasteiger partial charge on any atom is -0.465 e. The molecule has 0 spiro atoms. The van der Waals surface area contributed by atoms with Crippen molar-refractivity contribution in [2.75, 3.05) is 0 Å². The fourth-order valence-corrected chi connectivity index (χ4v) is 1.19. The lowest BCUT2D eigenvalue weighted by atomic mass is 10.1. The van der Waals surface area contributed by atoms with Crippen LogP contribution in [0.1, 0.15) is 11.1 Å². The van der Waals surface area contributed by atoms with Crippen LogP contribution in [-0.2, 0) is 6.54 Å². The van der Waals surface area contributed by atoms with Gasteiger partial charge in [-0.3, -0.25) is 0 Å². The molecular weight excluding hydrogens is 226 g/mol. The van der Waals surface area contributed by atoms with Gasteiger partial charge in [-0.25, -0.2) is 14.5 Å². The van der Waals surface area contributed by atoms with Crippen LogP contribution >= 0.6 is 0 Å². The number of carboxylic acid groups (broad SMARTS) is 2. The Hall–Kier alpha value is -2.57. The Morgan fingerprint density at radius 1 is 1.24 bits per heavy atom. The van der Waals surface area contributed by atoms with E-state index in [1.165, 1.54) is 6.21 Å². The normalized spacial score (nSPS) is 10.4. The zero-order chi connectivity index (χ0) is 12.8. The Bertz CT molecular complexity index is 427. The Labute approximate surface area is 96.8 Å². The summed E-state index contributed by atoms with van der Waals surface area (Å²) in [6.07, 6.45) is -1.59. The number of rotatable bonds is 3. The third-order valence-electron chi connectivity index (χ3n) is 2.01. The van der Waals surface area contributed by atoms with Gasteiger partial charge in [-0.15, -0.1) is 0 Å². The molecule has 0 bridgehead atoms. The smallest absolute Gasteiger partial charge is 0.417 e. The highest BCUT2D eigenvalue weighted by atomic mass is 16.4. The molecule has 7 heteroatoms. The van der Waals surface area contributed by atoms with E-state index in [0.717, 1.165) is 5.56 Å². The van der Waals surface area contributed by atoms with Gasteiger partial charge < -0.3 is 16.1 Å².